The summed E-state index contributed by atoms with van der Waals surface area (Å²) in [5.74, 6) is 1.43. The van der Waals surface area contributed by atoms with Crippen LogP contribution in [0.2, 0.25) is 0 Å². The van der Waals surface area contributed by atoms with E-state index in [9.17, 15) is 0 Å². The van der Waals surface area contributed by atoms with Crippen LogP contribution in [0.3, 0.4) is 0 Å². The fraction of sp³-hybridized carbons (Fsp3) is 0.692. The van der Waals surface area contributed by atoms with Gasteiger partial charge in [-0.05, 0) is 12.8 Å². The van der Waals surface area contributed by atoms with E-state index in [0.717, 1.165) is 16.1 Å². The monoisotopic (exact) mass is 251 g/mol. The number of nitrogens with zero attached hydrogens (tertiary/aromatic N) is 2. The minimum absolute atomic E-state index is 0.0413. The van der Waals surface area contributed by atoms with Crippen LogP contribution < -0.4 is 5.73 Å². The molecule has 0 atom stereocenters. The van der Waals surface area contributed by atoms with E-state index in [4.69, 9.17) is 5.73 Å². The van der Waals surface area contributed by atoms with Gasteiger partial charge in [-0.25, -0.2) is 9.97 Å². The van der Waals surface area contributed by atoms with Gasteiger partial charge in [0, 0.05) is 16.7 Å². The van der Waals surface area contributed by atoms with E-state index in [-0.39, 0.29) is 5.41 Å². The molecule has 1 fully saturated rings. The lowest BCUT2D eigenvalue weighted by molar-refractivity contribution is 0.539. The molecule has 3 nitrogen and oxygen atoms in total. The van der Waals surface area contributed by atoms with Crippen molar-refractivity contribution in [3.05, 3.63) is 11.9 Å². The molecule has 17 heavy (non-hydrogen) atoms. The first-order chi connectivity index (χ1) is 7.95. The summed E-state index contributed by atoms with van der Waals surface area (Å²) in [5, 5.41) is 1.76. The summed E-state index contributed by atoms with van der Waals surface area (Å²) < 4.78 is 0. The molecule has 0 saturated heterocycles. The van der Waals surface area contributed by atoms with Gasteiger partial charge in [0.2, 0.25) is 0 Å². The van der Waals surface area contributed by atoms with Crippen LogP contribution in [0.4, 0.5) is 5.82 Å². The Labute approximate surface area is 108 Å². The van der Waals surface area contributed by atoms with Crippen LogP contribution in [0.25, 0.3) is 0 Å². The van der Waals surface area contributed by atoms with Gasteiger partial charge in [-0.3, -0.25) is 0 Å². The van der Waals surface area contributed by atoms with E-state index < -0.39 is 0 Å². The third kappa shape index (κ3) is 3.35. The van der Waals surface area contributed by atoms with E-state index in [1.807, 2.05) is 17.8 Å². The fourth-order valence-corrected chi connectivity index (χ4v) is 3.25. The molecule has 0 unspecified atom stereocenters. The Bertz CT molecular complexity index is 392. The van der Waals surface area contributed by atoms with Crippen molar-refractivity contribution >= 4 is 17.6 Å². The molecule has 0 amide bonds. The van der Waals surface area contributed by atoms with Gasteiger partial charge in [0.05, 0.1) is 0 Å². The number of rotatable bonds is 2. The molecule has 2 rings (SSSR count). The largest absolute Gasteiger partial charge is 0.384 e. The molecule has 0 aliphatic heterocycles. The minimum Gasteiger partial charge on any atom is -0.384 e. The summed E-state index contributed by atoms with van der Waals surface area (Å²) in [7, 11) is 0. The van der Waals surface area contributed by atoms with Crippen LogP contribution in [-0.4, -0.2) is 15.2 Å². The standard InChI is InChI=1S/C13H21N3S/c1-13(2,3)12-15-10(14)8-11(16-12)17-9-6-4-5-7-9/h8-9H,4-7H2,1-3H3,(H2,14,15,16). The maximum atomic E-state index is 5.87. The zero-order chi connectivity index (χ0) is 12.5. The Morgan fingerprint density at radius 1 is 1.24 bits per heavy atom. The minimum atomic E-state index is -0.0413. The highest BCUT2D eigenvalue weighted by atomic mass is 32.2. The van der Waals surface area contributed by atoms with Crippen LogP contribution in [0, 0.1) is 0 Å². The number of hydrogen-bond donors (Lipinski definition) is 1. The van der Waals surface area contributed by atoms with E-state index in [2.05, 4.69) is 30.7 Å². The van der Waals surface area contributed by atoms with E-state index in [1.165, 1.54) is 25.7 Å². The number of aromatic nitrogens is 2. The fourth-order valence-electron chi connectivity index (χ4n) is 2.02. The quantitative estimate of drug-likeness (QED) is 0.819. The molecule has 0 aromatic carbocycles. The summed E-state index contributed by atoms with van der Waals surface area (Å²) in [6.07, 6.45) is 5.31. The summed E-state index contributed by atoms with van der Waals surface area (Å²) in [6.45, 7) is 6.35. The van der Waals surface area contributed by atoms with Gasteiger partial charge in [0.15, 0.2) is 0 Å². The first-order valence-corrected chi connectivity index (χ1v) is 7.15. The van der Waals surface area contributed by atoms with E-state index in [1.54, 1.807) is 0 Å². The first-order valence-electron chi connectivity index (χ1n) is 6.27. The second-order valence-electron chi connectivity index (χ2n) is 5.73. The third-order valence-corrected chi connectivity index (χ3v) is 4.24. The zero-order valence-corrected chi connectivity index (χ0v) is 11.7. The number of anilines is 1. The SMILES string of the molecule is CC(C)(C)c1nc(N)cc(SC2CCCC2)n1. The van der Waals surface area contributed by atoms with Crippen molar-refractivity contribution in [1.29, 1.82) is 0 Å². The molecule has 0 radical (unpaired) electrons. The normalized spacial score (nSPS) is 17.6. The zero-order valence-electron chi connectivity index (χ0n) is 10.9. The summed E-state index contributed by atoms with van der Waals surface area (Å²) in [4.78, 5) is 8.97. The third-order valence-electron chi connectivity index (χ3n) is 2.98. The molecule has 1 heterocycles. The van der Waals surface area contributed by atoms with Crippen molar-refractivity contribution in [3.63, 3.8) is 0 Å². The van der Waals surface area contributed by atoms with Crippen molar-refractivity contribution in [2.45, 2.75) is 62.1 Å². The van der Waals surface area contributed by atoms with Gasteiger partial charge in [0.1, 0.15) is 16.7 Å². The molecule has 1 aromatic rings. The smallest absolute Gasteiger partial charge is 0.137 e. The van der Waals surface area contributed by atoms with E-state index in [0.29, 0.717) is 5.82 Å². The molecular formula is C13H21N3S. The first kappa shape index (κ1) is 12.7. The Kier molecular flexibility index (Phi) is 3.61. The van der Waals surface area contributed by atoms with Crippen molar-refractivity contribution in [2.24, 2.45) is 0 Å². The predicted molar refractivity (Wildman–Crippen MR) is 73.3 cm³/mol. The van der Waals surface area contributed by atoms with Crippen LogP contribution in [0.1, 0.15) is 52.3 Å². The highest BCUT2D eigenvalue weighted by Crippen LogP contribution is 2.34. The van der Waals surface area contributed by atoms with Crippen molar-refractivity contribution < 1.29 is 0 Å². The molecule has 1 aliphatic carbocycles. The Balaban J connectivity index is 2.19. The number of thioether (sulfide) groups is 1. The van der Waals surface area contributed by atoms with Gasteiger partial charge < -0.3 is 5.73 Å². The maximum Gasteiger partial charge on any atom is 0.137 e. The molecular weight excluding hydrogens is 230 g/mol. The predicted octanol–water partition coefficient (Wildman–Crippen LogP) is 3.39. The van der Waals surface area contributed by atoms with Crippen LogP contribution in [0.5, 0.6) is 0 Å². The lowest BCUT2D eigenvalue weighted by Gasteiger charge is -2.18. The molecule has 94 valence electrons. The number of hydrogen-bond acceptors (Lipinski definition) is 4. The van der Waals surface area contributed by atoms with Crippen LogP contribution >= 0.6 is 11.8 Å². The molecule has 1 aromatic heterocycles. The molecule has 4 heteroatoms. The molecule has 0 bridgehead atoms. The maximum absolute atomic E-state index is 5.87. The lowest BCUT2D eigenvalue weighted by Crippen LogP contribution is -2.17. The average Bonchev–Trinajstić information content (AvgIpc) is 2.68. The highest BCUT2D eigenvalue weighted by molar-refractivity contribution is 7.99. The second kappa shape index (κ2) is 4.84. The molecule has 2 N–H and O–H groups in total. The summed E-state index contributed by atoms with van der Waals surface area (Å²) in [5.41, 5.74) is 5.82. The second-order valence-corrected chi connectivity index (χ2v) is 7.05. The Hall–Kier alpha value is -0.770. The van der Waals surface area contributed by atoms with Gasteiger partial charge in [-0.2, -0.15) is 0 Å². The Morgan fingerprint density at radius 2 is 1.88 bits per heavy atom. The summed E-state index contributed by atoms with van der Waals surface area (Å²) >= 11 is 1.86. The number of nitrogen functional groups attached to an aromatic ring is 1. The van der Waals surface area contributed by atoms with Gasteiger partial charge in [-0.1, -0.05) is 33.6 Å². The van der Waals surface area contributed by atoms with Crippen LogP contribution in [0.15, 0.2) is 11.1 Å². The van der Waals surface area contributed by atoms with Crippen molar-refractivity contribution in [1.82, 2.24) is 9.97 Å². The van der Waals surface area contributed by atoms with Crippen molar-refractivity contribution in [2.75, 3.05) is 5.73 Å². The molecule has 0 spiro atoms. The van der Waals surface area contributed by atoms with Gasteiger partial charge in [-0.15, -0.1) is 11.8 Å². The highest BCUT2D eigenvalue weighted by Gasteiger charge is 2.21. The number of nitrogens with two attached hydrogens (primary N) is 1. The summed E-state index contributed by atoms with van der Waals surface area (Å²) in [6, 6.07) is 1.90. The average molecular weight is 251 g/mol. The molecule has 1 aliphatic rings. The van der Waals surface area contributed by atoms with Crippen LogP contribution in [-0.2, 0) is 5.41 Å². The van der Waals surface area contributed by atoms with Crippen molar-refractivity contribution in [3.8, 4) is 0 Å². The topological polar surface area (TPSA) is 51.8 Å². The van der Waals surface area contributed by atoms with Gasteiger partial charge in [0.25, 0.3) is 0 Å². The lowest BCUT2D eigenvalue weighted by atomic mass is 9.96. The Morgan fingerprint density at radius 3 is 2.47 bits per heavy atom. The van der Waals surface area contributed by atoms with E-state index >= 15 is 0 Å². The molecule has 1 saturated carbocycles. The van der Waals surface area contributed by atoms with Gasteiger partial charge >= 0.3 is 0 Å².